The zero-order chi connectivity index (χ0) is 12.1. The Morgan fingerprint density at radius 2 is 2.24 bits per heavy atom. The number of halogens is 1. The first-order valence-electron chi connectivity index (χ1n) is 5.81. The third kappa shape index (κ3) is 3.98. The van der Waals surface area contributed by atoms with Gasteiger partial charge in [-0.05, 0) is 37.0 Å². The molecule has 0 N–H and O–H groups in total. The first-order chi connectivity index (χ1) is 8.29. The molecule has 0 spiro atoms. The highest BCUT2D eigenvalue weighted by molar-refractivity contribution is 7.80. The topological polar surface area (TPSA) is 9.23 Å². The second kappa shape index (κ2) is 5.97. The summed E-state index contributed by atoms with van der Waals surface area (Å²) >= 11 is 4.08. The Morgan fingerprint density at radius 3 is 2.94 bits per heavy atom. The molecular formula is C14H15FOS. The molecule has 0 aliphatic heterocycles. The van der Waals surface area contributed by atoms with E-state index in [9.17, 15) is 4.39 Å². The lowest BCUT2D eigenvalue weighted by atomic mass is 10.2. The zero-order valence-corrected chi connectivity index (χ0v) is 10.5. The van der Waals surface area contributed by atoms with Crippen LogP contribution in [-0.4, -0.2) is 12.4 Å². The van der Waals surface area contributed by atoms with Gasteiger partial charge < -0.3 is 4.74 Å². The number of ether oxygens (including phenoxy) is 1. The molecule has 0 unspecified atom stereocenters. The van der Waals surface area contributed by atoms with Crippen molar-refractivity contribution >= 4 is 12.6 Å². The molecule has 0 radical (unpaired) electrons. The first kappa shape index (κ1) is 12.3. The number of hydrogen-bond acceptors (Lipinski definition) is 2. The molecule has 90 valence electrons. The Morgan fingerprint density at radius 1 is 1.41 bits per heavy atom. The molecule has 0 amide bonds. The maximum absolute atomic E-state index is 13.1. The Labute approximate surface area is 107 Å². The van der Waals surface area contributed by atoms with Crippen molar-refractivity contribution in [2.45, 2.75) is 19.3 Å². The minimum Gasteiger partial charge on any atom is -0.492 e. The Kier molecular flexibility index (Phi) is 4.33. The summed E-state index contributed by atoms with van der Waals surface area (Å²) in [7, 11) is 0. The van der Waals surface area contributed by atoms with Crippen molar-refractivity contribution in [2.24, 2.45) is 5.92 Å². The normalized spacial score (nSPS) is 14.0. The molecule has 2 rings (SSSR count). The summed E-state index contributed by atoms with van der Waals surface area (Å²) in [4.78, 5) is 0. The van der Waals surface area contributed by atoms with E-state index in [-0.39, 0.29) is 5.82 Å². The molecule has 1 aromatic carbocycles. The lowest BCUT2D eigenvalue weighted by Crippen LogP contribution is -2.00. The predicted octanol–water partition coefficient (Wildman–Crippen LogP) is 3.29. The third-order valence-corrected chi connectivity index (χ3v) is 2.80. The van der Waals surface area contributed by atoms with Crippen LogP contribution in [0.25, 0.3) is 0 Å². The molecular weight excluding hydrogens is 235 g/mol. The van der Waals surface area contributed by atoms with Crippen LogP contribution < -0.4 is 4.74 Å². The largest absolute Gasteiger partial charge is 0.492 e. The maximum atomic E-state index is 13.1. The van der Waals surface area contributed by atoms with Crippen molar-refractivity contribution in [3.05, 3.63) is 29.6 Å². The molecule has 1 fully saturated rings. The molecule has 0 aromatic heterocycles. The zero-order valence-electron chi connectivity index (χ0n) is 9.58. The minimum absolute atomic E-state index is 0.279. The van der Waals surface area contributed by atoms with Crippen LogP contribution in [0, 0.1) is 23.6 Å². The summed E-state index contributed by atoms with van der Waals surface area (Å²) in [5.74, 6) is 7.68. The summed E-state index contributed by atoms with van der Waals surface area (Å²) in [6.45, 7) is 0.715. The van der Waals surface area contributed by atoms with Gasteiger partial charge in [0.25, 0.3) is 0 Å². The van der Waals surface area contributed by atoms with E-state index in [0.29, 0.717) is 36.0 Å². The third-order valence-electron chi connectivity index (χ3n) is 2.57. The van der Waals surface area contributed by atoms with Gasteiger partial charge in [0, 0.05) is 12.2 Å². The minimum atomic E-state index is -0.279. The summed E-state index contributed by atoms with van der Waals surface area (Å²) < 4.78 is 18.8. The standard InChI is InChI=1S/C14H15FOS/c15-13-6-7-14(16-10-11-4-5-11)12(9-13)3-1-2-8-17/h6-7,9,11,17H,2,4-5,8,10H2. The van der Waals surface area contributed by atoms with Gasteiger partial charge in [-0.15, -0.1) is 0 Å². The van der Waals surface area contributed by atoms with E-state index in [1.165, 1.54) is 25.0 Å². The van der Waals surface area contributed by atoms with E-state index in [4.69, 9.17) is 4.74 Å². The van der Waals surface area contributed by atoms with E-state index in [1.807, 2.05) is 0 Å². The summed E-state index contributed by atoms with van der Waals surface area (Å²) in [5.41, 5.74) is 0.632. The lowest BCUT2D eigenvalue weighted by Gasteiger charge is -2.07. The van der Waals surface area contributed by atoms with Crippen LogP contribution in [0.5, 0.6) is 5.75 Å². The number of rotatable bonds is 4. The summed E-state index contributed by atoms with van der Waals surface area (Å²) in [6, 6.07) is 4.49. The molecule has 3 heteroatoms. The molecule has 0 heterocycles. The van der Waals surface area contributed by atoms with Gasteiger partial charge in [-0.3, -0.25) is 0 Å². The van der Waals surface area contributed by atoms with Gasteiger partial charge in [0.1, 0.15) is 11.6 Å². The number of thiol groups is 1. The highest BCUT2D eigenvalue weighted by atomic mass is 32.1. The number of benzene rings is 1. The van der Waals surface area contributed by atoms with Crippen LogP contribution in [-0.2, 0) is 0 Å². The summed E-state index contributed by atoms with van der Waals surface area (Å²) in [5, 5.41) is 0. The lowest BCUT2D eigenvalue weighted by molar-refractivity contribution is 0.298. The molecule has 0 atom stereocenters. The first-order valence-corrected chi connectivity index (χ1v) is 6.45. The Bertz CT molecular complexity index is 443. The van der Waals surface area contributed by atoms with Crippen molar-refractivity contribution < 1.29 is 9.13 Å². The molecule has 0 saturated heterocycles. The molecule has 1 saturated carbocycles. The Hall–Kier alpha value is -1.14. The van der Waals surface area contributed by atoms with Crippen molar-refractivity contribution in [3.63, 3.8) is 0 Å². The highest BCUT2D eigenvalue weighted by Crippen LogP contribution is 2.30. The fourth-order valence-corrected chi connectivity index (χ4v) is 1.54. The fourth-order valence-electron chi connectivity index (χ4n) is 1.43. The van der Waals surface area contributed by atoms with Crippen LogP contribution in [0.3, 0.4) is 0 Å². The van der Waals surface area contributed by atoms with Crippen molar-refractivity contribution in [2.75, 3.05) is 12.4 Å². The monoisotopic (exact) mass is 250 g/mol. The molecule has 1 aromatic rings. The van der Waals surface area contributed by atoms with Crippen LogP contribution in [0.2, 0.25) is 0 Å². The van der Waals surface area contributed by atoms with Crippen LogP contribution in [0.15, 0.2) is 18.2 Å². The second-order valence-electron chi connectivity index (χ2n) is 4.17. The quantitative estimate of drug-likeness (QED) is 0.637. The van der Waals surface area contributed by atoms with Crippen LogP contribution in [0.1, 0.15) is 24.8 Å². The SMILES string of the molecule is Fc1ccc(OCC2CC2)c(C#CCCS)c1. The van der Waals surface area contributed by atoms with E-state index in [2.05, 4.69) is 24.5 Å². The molecule has 1 aliphatic rings. The molecule has 1 nitrogen and oxygen atoms in total. The molecule has 1 aliphatic carbocycles. The number of hydrogen-bond donors (Lipinski definition) is 1. The predicted molar refractivity (Wildman–Crippen MR) is 70.0 cm³/mol. The van der Waals surface area contributed by atoms with Crippen LogP contribution in [0.4, 0.5) is 4.39 Å². The smallest absolute Gasteiger partial charge is 0.135 e. The average molecular weight is 250 g/mol. The average Bonchev–Trinajstić information content (AvgIpc) is 3.12. The van der Waals surface area contributed by atoms with Gasteiger partial charge in [-0.2, -0.15) is 12.6 Å². The van der Waals surface area contributed by atoms with Gasteiger partial charge in [-0.25, -0.2) is 4.39 Å². The van der Waals surface area contributed by atoms with E-state index in [0.717, 1.165) is 0 Å². The van der Waals surface area contributed by atoms with Gasteiger partial charge in [0.15, 0.2) is 0 Å². The van der Waals surface area contributed by atoms with Gasteiger partial charge in [0.05, 0.1) is 12.2 Å². The van der Waals surface area contributed by atoms with Crippen molar-refractivity contribution in [1.82, 2.24) is 0 Å². The highest BCUT2D eigenvalue weighted by Gasteiger charge is 2.22. The second-order valence-corrected chi connectivity index (χ2v) is 4.62. The van der Waals surface area contributed by atoms with Crippen molar-refractivity contribution in [1.29, 1.82) is 0 Å². The van der Waals surface area contributed by atoms with Crippen LogP contribution >= 0.6 is 12.6 Å². The van der Waals surface area contributed by atoms with Crippen molar-refractivity contribution in [3.8, 4) is 17.6 Å². The molecule has 0 bridgehead atoms. The van der Waals surface area contributed by atoms with E-state index < -0.39 is 0 Å². The van der Waals surface area contributed by atoms with Gasteiger partial charge in [0.2, 0.25) is 0 Å². The van der Waals surface area contributed by atoms with Gasteiger partial charge >= 0.3 is 0 Å². The van der Waals surface area contributed by atoms with E-state index >= 15 is 0 Å². The Balaban J connectivity index is 2.09. The summed E-state index contributed by atoms with van der Waals surface area (Å²) in [6.07, 6.45) is 3.17. The maximum Gasteiger partial charge on any atom is 0.135 e. The van der Waals surface area contributed by atoms with E-state index in [1.54, 1.807) is 6.07 Å². The van der Waals surface area contributed by atoms with Gasteiger partial charge in [-0.1, -0.05) is 11.8 Å². The fraction of sp³-hybridized carbons (Fsp3) is 0.429. The molecule has 17 heavy (non-hydrogen) atoms.